The second-order valence-electron chi connectivity index (χ2n) is 3.80. The van der Waals surface area contributed by atoms with Gasteiger partial charge in [-0.1, -0.05) is 23.2 Å². The SMILES string of the molecule is COCO[C@H](c1cc(Cl)ccc1Cl)[C@@H](C)OC(N)=O. The van der Waals surface area contributed by atoms with Gasteiger partial charge in [0.2, 0.25) is 0 Å². The summed E-state index contributed by atoms with van der Waals surface area (Å²) < 4.78 is 15.2. The standard InChI is InChI=1S/C12H15Cl2NO4/c1-7(19-12(15)16)11(18-6-17-2)9-5-8(13)3-4-10(9)14/h3-5,7,11H,6H2,1-2H3,(H2,15,16)/t7-,11+/m1/s1. The molecule has 1 rings (SSSR count). The van der Waals surface area contributed by atoms with E-state index in [0.717, 1.165) is 0 Å². The predicted octanol–water partition coefficient (Wildman–Crippen LogP) is 3.14. The lowest BCUT2D eigenvalue weighted by Gasteiger charge is -2.24. The van der Waals surface area contributed by atoms with Crippen molar-refractivity contribution in [2.45, 2.75) is 19.1 Å². The fourth-order valence-corrected chi connectivity index (χ4v) is 2.00. The lowest BCUT2D eigenvalue weighted by molar-refractivity contribution is -0.111. The minimum atomic E-state index is -0.892. The molecule has 0 bridgehead atoms. The maximum absolute atomic E-state index is 10.8. The predicted molar refractivity (Wildman–Crippen MR) is 72.3 cm³/mol. The van der Waals surface area contributed by atoms with Gasteiger partial charge in [-0.05, 0) is 25.1 Å². The highest BCUT2D eigenvalue weighted by molar-refractivity contribution is 6.33. The lowest BCUT2D eigenvalue weighted by Crippen LogP contribution is -2.28. The first-order valence-corrected chi connectivity index (χ1v) is 6.23. The topological polar surface area (TPSA) is 70.8 Å². The van der Waals surface area contributed by atoms with Crippen molar-refractivity contribution in [3.63, 3.8) is 0 Å². The summed E-state index contributed by atoms with van der Waals surface area (Å²) in [6, 6.07) is 4.94. The van der Waals surface area contributed by atoms with Crippen LogP contribution in [0.15, 0.2) is 18.2 Å². The number of halogens is 2. The Balaban J connectivity index is 3.00. The Kier molecular flexibility index (Phi) is 6.37. The number of carbonyl (C=O) groups is 1. The highest BCUT2D eigenvalue weighted by atomic mass is 35.5. The van der Waals surface area contributed by atoms with Gasteiger partial charge in [-0.2, -0.15) is 0 Å². The van der Waals surface area contributed by atoms with Crippen LogP contribution in [-0.4, -0.2) is 26.1 Å². The van der Waals surface area contributed by atoms with Gasteiger partial charge < -0.3 is 19.9 Å². The smallest absolute Gasteiger partial charge is 0.404 e. The highest BCUT2D eigenvalue weighted by Crippen LogP contribution is 2.31. The molecule has 0 unspecified atom stereocenters. The number of carbonyl (C=O) groups excluding carboxylic acids is 1. The Morgan fingerprint density at radius 2 is 2.11 bits per heavy atom. The number of hydrogen-bond donors (Lipinski definition) is 1. The molecule has 2 N–H and O–H groups in total. The Hall–Kier alpha value is -1.01. The van der Waals surface area contributed by atoms with Crippen LogP contribution < -0.4 is 5.73 Å². The molecule has 19 heavy (non-hydrogen) atoms. The zero-order chi connectivity index (χ0) is 14.4. The van der Waals surface area contributed by atoms with Crippen LogP contribution in [0.3, 0.4) is 0 Å². The third-order valence-electron chi connectivity index (χ3n) is 2.36. The van der Waals surface area contributed by atoms with Crippen LogP contribution >= 0.6 is 23.2 Å². The summed E-state index contributed by atoms with van der Waals surface area (Å²) in [5.41, 5.74) is 5.60. The molecular formula is C12H15Cl2NO4. The molecule has 106 valence electrons. The summed E-state index contributed by atoms with van der Waals surface area (Å²) in [7, 11) is 1.48. The molecule has 0 aliphatic carbocycles. The van der Waals surface area contributed by atoms with Crippen molar-refractivity contribution in [2.24, 2.45) is 5.73 Å². The molecule has 0 aliphatic rings. The molecule has 1 aromatic rings. The van der Waals surface area contributed by atoms with E-state index < -0.39 is 18.3 Å². The van der Waals surface area contributed by atoms with Gasteiger partial charge in [-0.15, -0.1) is 0 Å². The fourth-order valence-electron chi connectivity index (χ4n) is 1.60. The van der Waals surface area contributed by atoms with Crippen molar-refractivity contribution in [3.8, 4) is 0 Å². The maximum atomic E-state index is 10.8. The second-order valence-corrected chi connectivity index (χ2v) is 4.65. The van der Waals surface area contributed by atoms with E-state index in [2.05, 4.69) is 0 Å². The largest absolute Gasteiger partial charge is 0.444 e. The normalized spacial score (nSPS) is 13.9. The van der Waals surface area contributed by atoms with Crippen molar-refractivity contribution < 1.29 is 19.0 Å². The summed E-state index contributed by atoms with van der Waals surface area (Å²) >= 11 is 12.0. The van der Waals surface area contributed by atoms with E-state index in [1.807, 2.05) is 0 Å². The van der Waals surface area contributed by atoms with Crippen LogP contribution in [0.1, 0.15) is 18.6 Å². The van der Waals surface area contributed by atoms with Crippen LogP contribution in [0.4, 0.5) is 4.79 Å². The molecule has 0 spiro atoms. The van der Waals surface area contributed by atoms with Gasteiger partial charge in [-0.25, -0.2) is 4.79 Å². The average Bonchev–Trinajstić information content (AvgIpc) is 2.33. The Morgan fingerprint density at radius 3 is 2.68 bits per heavy atom. The van der Waals surface area contributed by atoms with Crippen molar-refractivity contribution in [1.29, 1.82) is 0 Å². The van der Waals surface area contributed by atoms with Gasteiger partial charge >= 0.3 is 6.09 Å². The van der Waals surface area contributed by atoms with E-state index in [1.54, 1.807) is 25.1 Å². The number of amides is 1. The van der Waals surface area contributed by atoms with Crippen LogP contribution in [0.2, 0.25) is 10.0 Å². The molecule has 0 aliphatic heterocycles. The van der Waals surface area contributed by atoms with Crippen molar-refractivity contribution in [1.82, 2.24) is 0 Å². The van der Waals surface area contributed by atoms with Gasteiger partial charge in [0, 0.05) is 22.7 Å². The molecule has 2 atom stereocenters. The maximum Gasteiger partial charge on any atom is 0.404 e. The Bertz CT molecular complexity index is 442. The lowest BCUT2D eigenvalue weighted by atomic mass is 10.1. The first kappa shape index (κ1) is 16.0. The summed E-state index contributed by atoms with van der Waals surface area (Å²) in [6.45, 7) is 1.66. The number of rotatable bonds is 6. The third kappa shape index (κ3) is 4.87. The quantitative estimate of drug-likeness (QED) is 0.820. The number of benzene rings is 1. The molecular weight excluding hydrogens is 293 g/mol. The van der Waals surface area contributed by atoms with Crippen LogP contribution in [0.5, 0.6) is 0 Å². The van der Waals surface area contributed by atoms with E-state index >= 15 is 0 Å². The molecule has 5 nitrogen and oxygen atoms in total. The summed E-state index contributed by atoms with van der Waals surface area (Å²) in [5.74, 6) is 0. The minimum Gasteiger partial charge on any atom is -0.444 e. The molecule has 1 amide bonds. The van der Waals surface area contributed by atoms with Gasteiger partial charge in [0.05, 0.1) is 0 Å². The van der Waals surface area contributed by atoms with Gasteiger partial charge in [0.15, 0.2) is 0 Å². The molecule has 0 saturated heterocycles. The molecule has 1 aromatic carbocycles. The Labute approximate surface area is 121 Å². The van der Waals surface area contributed by atoms with Crippen molar-refractivity contribution >= 4 is 29.3 Å². The molecule has 0 fully saturated rings. The zero-order valence-corrected chi connectivity index (χ0v) is 12.1. The number of methoxy groups -OCH3 is 1. The van der Waals surface area contributed by atoms with Crippen molar-refractivity contribution in [3.05, 3.63) is 33.8 Å². The monoisotopic (exact) mass is 307 g/mol. The molecule has 0 saturated carbocycles. The Morgan fingerprint density at radius 1 is 1.42 bits per heavy atom. The number of hydrogen-bond acceptors (Lipinski definition) is 4. The summed E-state index contributed by atoms with van der Waals surface area (Å²) in [4.78, 5) is 10.8. The van der Waals surface area contributed by atoms with Crippen LogP contribution in [0.25, 0.3) is 0 Å². The number of nitrogens with two attached hydrogens (primary N) is 1. The molecule has 0 radical (unpaired) electrons. The summed E-state index contributed by atoms with van der Waals surface area (Å²) in [5, 5.41) is 0.946. The van der Waals surface area contributed by atoms with Gasteiger partial charge in [-0.3, -0.25) is 0 Å². The summed E-state index contributed by atoms with van der Waals surface area (Å²) in [6.07, 6.45) is -2.15. The van der Waals surface area contributed by atoms with E-state index in [4.69, 9.17) is 43.1 Å². The average molecular weight is 308 g/mol. The number of ether oxygens (including phenoxy) is 3. The van der Waals surface area contributed by atoms with Gasteiger partial charge in [0.25, 0.3) is 0 Å². The fraction of sp³-hybridized carbons (Fsp3) is 0.417. The molecule has 7 heteroatoms. The minimum absolute atomic E-state index is 0.0139. The van der Waals surface area contributed by atoms with E-state index in [-0.39, 0.29) is 6.79 Å². The van der Waals surface area contributed by atoms with Crippen molar-refractivity contribution in [2.75, 3.05) is 13.9 Å². The van der Waals surface area contributed by atoms with E-state index in [9.17, 15) is 4.79 Å². The second kappa shape index (κ2) is 7.55. The highest BCUT2D eigenvalue weighted by Gasteiger charge is 2.25. The first-order valence-electron chi connectivity index (χ1n) is 5.47. The van der Waals surface area contributed by atoms with Crippen LogP contribution in [0, 0.1) is 0 Å². The first-order chi connectivity index (χ1) is 8.95. The van der Waals surface area contributed by atoms with E-state index in [0.29, 0.717) is 15.6 Å². The van der Waals surface area contributed by atoms with E-state index in [1.165, 1.54) is 7.11 Å². The molecule has 0 heterocycles. The third-order valence-corrected chi connectivity index (χ3v) is 2.94. The zero-order valence-electron chi connectivity index (χ0n) is 10.6. The molecule has 0 aromatic heterocycles. The van der Waals surface area contributed by atoms with Gasteiger partial charge in [0.1, 0.15) is 19.0 Å². The number of primary amides is 1. The van der Waals surface area contributed by atoms with Crippen LogP contribution in [-0.2, 0) is 14.2 Å².